The van der Waals surface area contributed by atoms with Gasteiger partial charge in [0, 0.05) is 9.79 Å². The van der Waals surface area contributed by atoms with Crippen molar-refractivity contribution < 1.29 is 0 Å². The van der Waals surface area contributed by atoms with Crippen LogP contribution in [0, 0.1) is 0 Å². The average molecular weight is 258 g/mol. The maximum absolute atomic E-state index is 2.21. The van der Waals surface area contributed by atoms with Gasteiger partial charge < -0.3 is 0 Å². The second-order valence-corrected chi connectivity index (χ2v) is 5.24. The Bertz CT molecular complexity index is 408. The highest BCUT2D eigenvalue weighted by molar-refractivity contribution is 7.99. The van der Waals surface area contributed by atoms with Crippen LogP contribution in [0.3, 0.4) is 0 Å². The zero-order chi connectivity index (χ0) is 12.1. The van der Waals surface area contributed by atoms with Crippen LogP contribution in [0.1, 0.15) is 32.4 Å². The minimum Gasteiger partial charge on any atom is -0.0901 e. The highest BCUT2D eigenvalue weighted by Gasteiger charge is 1.97. The normalized spacial score (nSPS) is 9.89. The van der Waals surface area contributed by atoms with Crippen molar-refractivity contribution >= 4 is 11.8 Å². The third kappa shape index (κ3) is 3.92. The van der Waals surface area contributed by atoms with Gasteiger partial charge in [0.2, 0.25) is 0 Å². The first-order valence-electron chi connectivity index (χ1n) is 6.17. The fourth-order valence-corrected chi connectivity index (χ4v) is 2.54. The standard InChI is InChI=1S/C16H18S.CH4/c1-3-13-5-9-15(10-6-13)17-16-11-7-14(4-2)8-12-16;/h5-12H,3-4H2,1-2H3;1H4. The summed E-state index contributed by atoms with van der Waals surface area (Å²) in [7, 11) is 0. The van der Waals surface area contributed by atoms with Gasteiger partial charge >= 0.3 is 0 Å². The zero-order valence-corrected chi connectivity index (χ0v) is 11.3. The van der Waals surface area contributed by atoms with Gasteiger partial charge in [0.25, 0.3) is 0 Å². The number of aryl methyl sites for hydroxylation is 2. The van der Waals surface area contributed by atoms with Crippen molar-refractivity contribution in [2.45, 2.75) is 43.9 Å². The van der Waals surface area contributed by atoms with Crippen LogP contribution < -0.4 is 0 Å². The predicted molar refractivity (Wildman–Crippen MR) is 82.5 cm³/mol. The lowest BCUT2D eigenvalue weighted by molar-refractivity contribution is 1.13. The third-order valence-corrected chi connectivity index (χ3v) is 3.91. The third-order valence-electron chi connectivity index (χ3n) is 2.90. The monoisotopic (exact) mass is 258 g/mol. The molecule has 1 heteroatoms. The van der Waals surface area contributed by atoms with E-state index >= 15 is 0 Å². The lowest BCUT2D eigenvalue weighted by atomic mass is 10.2. The molecule has 0 aliphatic heterocycles. The molecule has 0 radical (unpaired) electrons. The van der Waals surface area contributed by atoms with E-state index in [2.05, 4.69) is 62.4 Å². The topological polar surface area (TPSA) is 0 Å². The van der Waals surface area contributed by atoms with E-state index in [1.807, 2.05) is 11.8 Å². The lowest BCUT2D eigenvalue weighted by Crippen LogP contribution is -1.81. The average Bonchev–Trinajstić information content (AvgIpc) is 2.40. The van der Waals surface area contributed by atoms with E-state index in [1.165, 1.54) is 20.9 Å². The van der Waals surface area contributed by atoms with Gasteiger partial charge in [-0.2, -0.15) is 0 Å². The van der Waals surface area contributed by atoms with Gasteiger partial charge in [-0.3, -0.25) is 0 Å². The van der Waals surface area contributed by atoms with Crippen molar-refractivity contribution in [1.82, 2.24) is 0 Å². The fraction of sp³-hybridized carbons (Fsp3) is 0.294. The van der Waals surface area contributed by atoms with Crippen molar-refractivity contribution in [2.24, 2.45) is 0 Å². The molecule has 0 nitrogen and oxygen atoms in total. The summed E-state index contributed by atoms with van der Waals surface area (Å²) >= 11 is 1.83. The Balaban J connectivity index is 0.00000162. The molecule has 2 aromatic rings. The van der Waals surface area contributed by atoms with E-state index in [9.17, 15) is 0 Å². The summed E-state index contributed by atoms with van der Waals surface area (Å²) in [5.74, 6) is 0. The molecule has 18 heavy (non-hydrogen) atoms. The Kier molecular flexibility index (Phi) is 6.00. The molecule has 0 aliphatic rings. The van der Waals surface area contributed by atoms with Crippen molar-refractivity contribution in [3.05, 3.63) is 59.7 Å². The molecule has 0 N–H and O–H groups in total. The highest BCUT2D eigenvalue weighted by atomic mass is 32.2. The Morgan fingerprint density at radius 2 is 1.00 bits per heavy atom. The molecule has 0 saturated carbocycles. The molecule has 0 spiro atoms. The molecular formula is C17H22S. The Morgan fingerprint density at radius 1 is 0.667 bits per heavy atom. The predicted octanol–water partition coefficient (Wildman–Crippen LogP) is 5.60. The quantitative estimate of drug-likeness (QED) is 0.688. The first kappa shape index (κ1) is 14.8. The minimum atomic E-state index is 0. The molecule has 0 unspecified atom stereocenters. The smallest absolute Gasteiger partial charge is 0.0122 e. The number of hydrogen-bond donors (Lipinski definition) is 0. The van der Waals surface area contributed by atoms with E-state index in [1.54, 1.807) is 0 Å². The highest BCUT2D eigenvalue weighted by Crippen LogP contribution is 2.28. The Morgan fingerprint density at radius 3 is 1.28 bits per heavy atom. The number of hydrogen-bond acceptors (Lipinski definition) is 1. The Hall–Kier alpha value is -1.21. The largest absolute Gasteiger partial charge is 0.0901 e. The molecule has 2 aromatic carbocycles. The second kappa shape index (κ2) is 7.27. The number of benzene rings is 2. The summed E-state index contributed by atoms with van der Waals surface area (Å²) in [6.45, 7) is 4.37. The molecule has 2 rings (SSSR count). The van der Waals surface area contributed by atoms with Crippen LogP contribution in [-0.2, 0) is 12.8 Å². The minimum absolute atomic E-state index is 0. The van der Waals surface area contributed by atoms with Gasteiger partial charge in [0.05, 0.1) is 0 Å². The van der Waals surface area contributed by atoms with Gasteiger partial charge in [-0.1, -0.05) is 57.3 Å². The zero-order valence-electron chi connectivity index (χ0n) is 10.4. The molecule has 0 bridgehead atoms. The summed E-state index contributed by atoms with van der Waals surface area (Å²) in [4.78, 5) is 2.62. The lowest BCUT2D eigenvalue weighted by Gasteiger charge is -2.04. The van der Waals surface area contributed by atoms with Crippen LogP contribution in [-0.4, -0.2) is 0 Å². The van der Waals surface area contributed by atoms with Gasteiger partial charge in [-0.15, -0.1) is 0 Å². The van der Waals surface area contributed by atoms with Gasteiger partial charge in [-0.05, 0) is 48.2 Å². The SMILES string of the molecule is C.CCc1ccc(Sc2ccc(CC)cc2)cc1. The summed E-state index contributed by atoms with van der Waals surface area (Å²) in [6.07, 6.45) is 2.21. The first-order valence-corrected chi connectivity index (χ1v) is 6.99. The van der Waals surface area contributed by atoms with Crippen molar-refractivity contribution in [1.29, 1.82) is 0 Å². The molecule has 0 aromatic heterocycles. The van der Waals surface area contributed by atoms with E-state index in [0.717, 1.165) is 12.8 Å². The summed E-state index contributed by atoms with van der Waals surface area (Å²) in [6, 6.07) is 17.7. The van der Waals surface area contributed by atoms with Gasteiger partial charge in [0.15, 0.2) is 0 Å². The van der Waals surface area contributed by atoms with E-state index in [-0.39, 0.29) is 7.43 Å². The molecular weight excluding hydrogens is 236 g/mol. The van der Waals surface area contributed by atoms with E-state index < -0.39 is 0 Å². The maximum atomic E-state index is 2.21. The van der Waals surface area contributed by atoms with Crippen molar-refractivity contribution in [2.75, 3.05) is 0 Å². The van der Waals surface area contributed by atoms with E-state index in [0.29, 0.717) is 0 Å². The van der Waals surface area contributed by atoms with Crippen LogP contribution in [0.5, 0.6) is 0 Å². The molecule has 0 aliphatic carbocycles. The van der Waals surface area contributed by atoms with Crippen molar-refractivity contribution in [3.8, 4) is 0 Å². The van der Waals surface area contributed by atoms with Crippen LogP contribution >= 0.6 is 11.8 Å². The van der Waals surface area contributed by atoms with Crippen LogP contribution in [0.4, 0.5) is 0 Å². The summed E-state index contributed by atoms with van der Waals surface area (Å²) < 4.78 is 0. The molecule has 0 amide bonds. The fourth-order valence-electron chi connectivity index (χ4n) is 1.72. The second-order valence-electron chi connectivity index (χ2n) is 4.10. The summed E-state index contributed by atoms with van der Waals surface area (Å²) in [5, 5.41) is 0. The molecule has 0 saturated heterocycles. The number of rotatable bonds is 4. The van der Waals surface area contributed by atoms with Crippen LogP contribution in [0.2, 0.25) is 0 Å². The van der Waals surface area contributed by atoms with Crippen LogP contribution in [0.15, 0.2) is 58.3 Å². The van der Waals surface area contributed by atoms with Crippen LogP contribution in [0.25, 0.3) is 0 Å². The first-order chi connectivity index (χ1) is 8.31. The molecule has 0 heterocycles. The van der Waals surface area contributed by atoms with Gasteiger partial charge in [-0.25, -0.2) is 0 Å². The Labute approximate surface area is 115 Å². The molecule has 0 fully saturated rings. The summed E-state index contributed by atoms with van der Waals surface area (Å²) in [5.41, 5.74) is 2.80. The van der Waals surface area contributed by atoms with E-state index in [4.69, 9.17) is 0 Å². The van der Waals surface area contributed by atoms with Crippen molar-refractivity contribution in [3.63, 3.8) is 0 Å². The molecule has 0 atom stereocenters. The van der Waals surface area contributed by atoms with Gasteiger partial charge in [0.1, 0.15) is 0 Å². The maximum Gasteiger partial charge on any atom is 0.0122 e. The molecule has 96 valence electrons.